The van der Waals surface area contributed by atoms with Crippen LogP contribution in [0.3, 0.4) is 0 Å². The maximum Gasteiger partial charge on any atom is 0.345 e. The number of hydrogen-bond donors (Lipinski definition) is 0. The molecule has 0 spiro atoms. The molecular weight excluding hydrogens is 621 g/mol. The van der Waals surface area contributed by atoms with Gasteiger partial charge in [-0.2, -0.15) is 0 Å². The zero-order valence-electron chi connectivity index (χ0n) is 28.5. The lowest BCUT2D eigenvalue weighted by atomic mass is 9.97. The fourth-order valence-corrected chi connectivity index (χ4v) is 23.6. The summed E-state index contributed by atoms with van der Waals surface area (Å²) < 4.78 is 31.0. The molecule has 0 saturated heterocycles. The highest BCUT2D eigenvalue weighted by Crippen LogP contribution is 2.30. The van der Waals surface area contributed by atoms with Crippen LogP contribution in [0.15, 0.2) is 78.4 Å². The van der Waals surface area contributed by atoms with Crippen molar-refractivity contribution >= 4 is 51.3 Å². The molecule has 2 aromatic rings. The molecule has 0 bridgehead atoms. The molecule has 0 aliphatic carbocycles. The van der Waals surface area contributed by atoms with E-state index in [2.05, 4.69) is 58.9 Å². The number of hydrogen-bond acceptors (Lipinski definition) is 7. The summed E-state index contributed by atoms with van der Waals surface area (Å²) in [5.41, 5.74) is 2.62. The highest BCUT2D eigenvalue weighted by molar-refractivity contribution is 6.89. The van der Waals surface area contributed by atoms with E-state index in [-0.39, 0.29) is 24.7 Å². The van der Waals surface area contributed by atoms with Crippen LogP contribution in [0, 0.1) is 5.92 Å². The van der Waals surface area contributed by atoms with Crippen LogP contribution in [0.5, 0.6) is 0 Å². The maximum absolute atomic E-state index is 13.4. The molecule has 2 aromatic carbocycles. The van der Waals surface area contributed by atoms with Gasteiger partial charge < -0.3 is 21.8 Å². The number of esters is 2. The van der Waals surface area contributed by atoms with E-state index in [0.717, 1.165) is 16.7 Å². The van der Waals surface area contributed by atoms with Crippen LogP contribution in [0.2, 0.25) is 65.0 Å². The SMILES string of the molecule is CCOC(=O)C(=CC=C(c1ccccc1)c1ccccc1)C(=O)OCC(C)C[Si](C)(O[Si](C)(C)C)O[Si](C)(C)O[Si](C)(C)C. The van der Waals surface area contributed by atoms with E-state index in [9.17, 15) is 9.59 Å². The molecule has 0 aliphatic heterocycles. The highest BCUT2D eigenvalue weighted by atomic mass is 28.5. The third kappa shape index (κ3) is 13.7. The van der Waals surface area contributed by atoms with Crippen LogP contribution >= 0.6 is 0 Å². The number of carbonyl (C=O) groups excluding carboxylic acids is 2. The molecule has 2 unspecified atom stereocenters. The van der Waals surface area contributed by atoms with Gasteiger partial charge in [0.2, 0.25) is 0 Å². The summed E-state index contributed by atoms with van der Waals surface area (Å²) in [5.74, 6) is -1.51. The van der Waals surface area contributed by atoms with Gasteiger partial charge in [0.05, 0.1) is 13.2 Å². The summed E-state index contributed by atoms with van der Waals surface area (Å²) in [6, 6.07) is 20.3. The van der Waals surface area contributed by atoms with Gasteiger partial charge in [-0.05, 0) is 101 Å². The minimum absolute atomic E-state index is 0.0631. The van der Waals surface area contributed by atoms with Crippen LogP contribution in [0.1, 0.15) is 25.0 Å². The van der Waals surface area contributed by atoms with Crippen molar-refractivity contribution in [3.05, 3.63) is 89.5 Å². The summed E-state index contributed by atoms with van der Waals surface area (Å²) in [7, 11) is -8.95. The van der Waals surface area contributed by atoms with Crippen molar-refractivity contribution in [1.29, 1.82) is 0 Å². The van der Waals surface area contributed by atoms with E-state index in [1.807, 2.05) is 67.6 Å². The van der Waals surface area contributed by atoms with Crippen molar-refractivity contribution in [2.24, 2.45) is 5.92 Å². The molecule has 0 aromatic heterocycles. The third-order valence-electron chi connectivity index (χ3n) is 6.06. The van der Waals surface area contributed by atoms with Crippen molar-refractivity contribution in [3.8, 4) is 0 Å². The topological polar surface area (TPSA) is 80.3 Å². The minimum Gasteiger partial charge on any atom is -0.462 e. The Labute approximate surface area is 269 Å². The smallest absolute Gasteiger partial charge is 0.345 e. The first-order valence-electron chi connectivity index (χ1n) is 15.3. The predicted octanol–water partition coefficient (Wildman–Crippen LogP) is 8.28. The van der Waals surface area contributed by atoms with E-state index < -0.39 is 45.7 Å². The van der Waals surface area contributed by atoms with Crippen molar-refractivity contribution in [2.75, 3.05) is 13.2 Å². The summed E-state index contributed by atoms with van der Waals surface area (Å²) >= 11 is 0. The van der Waals surface area contributed by atoms with Gasteiger partial charge in [-0.25, -0.2) is 9.59 Å². The Bertz CT molecular complexity index is 1240. The molecule has 11 heteroatoms. The van der Waals surface area contributed by atoms with E-state index in [1.165, 1.54) is 6.08 Å². The van der Waals surface area contributed by atoms with Gasteiger partial charge in [0, 0.05) is 0 Å². The van der Waals surface area contributed by atoms with Crippen LogP contribution < -0.4 is 0 Å². The number of allylic oxidation sites excluding steroid dienone is 2. The van der Waals surface area contributed by atoms with Crippen molar-refractivity contribution in [2.45, 2.75) is 78.8 Å². The zero-order chi connectivity index (χ0) is 33.2. The highest BCUT2D eigenvalue weighted by Gasteiger charge is 2.45. The number of rotatable bonds is 16. The molecule has 0 heterocycles. The molecule has 0 N–H and O–H groups in total. The fraction of sp³-hybridized carbons (Fsp3) is 0.455. The Kier molecular flexibility index (Phi) is 14.0. The maximum atomic E-state index is 13.4. The molecule has 7 nitrogen and oxygen atoms in total. The molecule has 44 heavy (non-hydrogen) atoms. The number of carbonyl (C=O) groups is 2. The molecule has 0 amide bonds. The Hall–Kier alpha value is -2.39. The van der Waals surface area contributed by atoms with E-state index in [1.54, 1.807) is 13.0 Å². The van der Waals surface area contributed by atoms with Gasteiger partial charge in [0.25, 0.3) is 0 Å². The van der Waals surface area contributed by atoms with Crippen molar-refractivity contribution in [1.82, 2.24) is 0 Å². The van der Waals surface area contributed by atoms with Gasteiger partial charge >= 0.3 is 29.1 Å². The lowest BCUT2D eigenvalue weighted by molar-refractivity contribution is -0.147. The van der Waals surface area contributed by atoms with Crippen LogP contribution in [-0.4, -0.2) is 58.9 Å². The normalized spacial score (nSPS) is 14.8. The fourth-order valence-electron chi connectivity index (χ4n) is 5.21. The monoisotopic (exact) mass is 672 g/mol. The second-order valence-electron chi connectivity index (χ2n) is 13.6. The van der Waals surface area contributed by atoms with Gasteiger partial charge in [0.1, 0.15) is 5.57 Å². The number of ether oxygens (including phenoxy) is 2. The second kappa shape index (κ2) is 16.3. The average Bonchev–Trinajstić information content (AvgIpc) is 2.87. The molecule has 242 valence electrons. The third-order valence-corrected chi connectivity index (χ3v) is 19.8. The minimum atomic E-state index is -2.71. The van der Waals surface area contributed by atoms with Crippen molar-refractivity contribution < 1.29 is 31.4 Å². The second-order valence-corrected chi connectivity index (χ2v) is 30.0. The Morgan fingerprint density at radius 1 is 0.682 bits per heavy atom. The first-order valence-corrected chi connectivity index (χ1v) is 27.5. The van der Waals surface area contributed by atoms with E-state index in [0.29, 0.717) is 6.04 Å². The summed E-state index contributed by atoms with van der Waals surface area (Å²) in [6.07, 6.45) is 3.27. The van der Waals surface area contributed by atoms with E-state index in [4.69, 9.17) is 21.8 Å². The van der Waals surface area contributed by atoms with Crippen molar-refractivity contribution in [3.63, 3.8) is 0 Å². The molecule has 0 radical (unpaired) electrons. The standard InChI is InChI=1S/C33H52O7Si4/c1-12-36-32(34)31(24-23-30(28-19-15-13-16-20-28)29-21-17-14-18-22-29)33(35)37-25-27(2)26-44(11,39-42(6,7)8)40-43(9,10)38-41(3,4)5/h13-24,27H,12,25-26H2,1-11H3. The summed E-state index contributed by atoms with van der Waals surface area (Å²) in [4.78, 5) is 26.3. The van der Waals surface area contributed by atoms with Crippen LogP contribution in [0.25, 0.3) is 5.57 Å². The van der Waals surface area contributed by atoms with E-state index >= 15 is 0 Å². The molecule has 0 aliphatic rings. The Morgan fingerprint density at radius 3 is 1.61 bits per heavy atom. The molecule has 0 fully saturated rings. The van der Waals surface area contributed by atoms with Gasteiger partial charge in [0.15, 0.2) is 16.6 Å². The molecule has 0 saturated carbocycles. The molecule has 2 rings (SSSR count). The summed E-state index contributed by atoms with van der Waals surface area (Å²) in [5, 5.41) is 0. The number of benzene rings is 2. The largest absolute Gasteiger partial charge is 0.462 e. The zero-order valence-corrected chi connectivity index (χ0v) is 32.5. The molecular formula is C33H52O7Si4. The lowest BCUT2D eigenvalue weighted by Crippen LogP contribution is -2.57. The van der Waals surface area contributed by atoms with Gasteiger partial charge in [-0.3, -0.25) is 0 Å². The first-order chi connectivity index (χ1) is 20.3. The van der Waals surface area contributed by atoms with Crippen LogP contribution in [0.4, 0.5) is 0 Å². The Balaban J connectivity index is 2.31. The molecule has 2 atom stereocenters. The summed E-state index contributed by atoms with van der Waals surface area (Å²) in [6.45, 7) is 23.2. The first kappa shape index (κ1) is 37.8. The van der Waals surface area contributed by atoms with Crippen LogP contribution in [-0.2, 0) is 31.4 Å². The quantitative estimate of drug-likeness (QED) is 0.0443. The Morgan fingerprint density at radius 2 is 1.16 bits per heavy atom. The van der Waals surface area contributed by atoms with Gasteiger partial charge in [-0.15, -0.1) is 0 Å². The van der Waals surface area contributed by atoms with Gasteiger partial charge in [-0.1, -0.05) is 73.7 Å². The predicted molar refractivity (Wildman–Crippen MR) is 189 cm³/mol. The lowest BCUT2D eigenvalue weighted by Gasteiger charge is -2.42. The average molecular weight is 673 g/mol.